The van der Waals surface area contributed by atoms with Gasteiger partial charge in [-0.15, -0.1) is 11.3 Å². The number of ether oxygens (including phenoxy) is 2. The van der Waals surface area contributed by atoms with Crippen molar-refractivity contribution in [3.63, 3.8) is 0 Å². The van der Waals surface area contributed by atoms with Gasteiger partial charge < -0.3 is 18.8 Å². The molecule has 5 aromatic rings. The molecule has 0 bridgehead atoms. The van der Waals surface area contributed by atoms with Crippen molar-refractivity contribution in [2.75, 3.05) is 6.54 Å². The lowest BCUT2D eigenvalue weighted by Gasteiger charge is -2.29. The molecule has 3 fully saturated rings. The number of halogens is 1. The zero-order valence-electron chi connectivity index (χ0n) is 35.9. The molecule has 1 saturated heterocycles. The molecule has 5 atom stereocenters. The van der Waals surface area contributed by atoms with Crippen molar-refractivity contribution in [1.82, 2.24) is 24.6 Å². The van der Waals surface area contributed by atoms with Crippen LogP contribution in [-0.4, -0.2) is 75.9 Å². The Morgan fingerprint density at radius 3 is 2.57 bits per heavy atom. The number of aromatic nitrogens is 3. The minimum Gasteiger partial charge on any atom is -0.491 e. The molecule has 0 spiro atoms. The number of amides is 2. The average Bonchev–Trinajstić information content (AvgIpc) is 4.11. The average molecular weight is 898 g/mol. The topological polar surface area (TPSA) is 171 Å². The second-order valence-electron chi connectivity index (χ2n) is 17.9. The number of furan rings is 1. The molecule has 4 aliphatic rings. The summed E-state index contributed by atoms with van der Waals surface area (Å²) in [5.41, 5.74) is 1.21. The maximum Gasteiger partial charge on any atom is 0.262 e. The summed E-state index contributed by atoms with van der Waals surface area (Å²) in [4.78, 5) is 60.9. The Labute approximate surface area is 369 Å². The fraction of sp³-hybridized carbons (Fsp3) is 0.489. The number of nitrogens with one attached hydrogen (secondary N) is 1. The van der Waals surface area contributed by atoms with E-state index in [1.54, 1.807) is 16.2 Å². The number of hydrogen-bond donors (Lipinski definition) is 1. The molecule has 3 aromatic heterocycles. The molecule has 2 aliphatic heterocycles. The molecule has 2 aliphatic carbocycles. The Balaban J connectivity index is 1.08. The number of aryl methyl sites for hydroxylation is 2. The van der Waals surface area contributed by atoms with E-state index in [9.17, 15) is 22.4 Å². The number of fused-ring (bicyclic) bond motifs is 5. The van der Waals surface area contributed by atoms with Crippen LogP contribution in [0.2, 0.25) is 0 Å². The van der Waals surface area contributed by atoms with Crippen molar-refractivity contribution in [3.8, 4) is 23.0 Å². The van der Waals surface area contributed by atoms with Crippen molar-refractivity contribution < 1.29 is 41.1 Å². The fourth-order valence-corrected chi connectivity index (χ4v) is 11.5. The predicted molar refractivity (Wildman–Crippen MR) is 236 cm³/mol. The lowest BCUT2D eigenvalue weighted by Crippen LogP contribution is -2.46. The number of rotatable bonds is 10. The normalized spacial score (nSPS) is 25.1. The Hall–Kier alpha value is -5.22. The fourth-order valence-electron chi connectivity index (χ4n) is 9.07. The van der Waals surface area contributed by atoms with Crippen molar-refractivity contribution in [1.29, 1.82) is 0 Å². The molecule has 2 amide bonds. The van der Waals surface area contributed by atoms with E-state index in [-0.39, 0.29) is 60.4 Å². The van der Waals surface area contributed by atoms with Gasteiger partial charge >= 0.3 is 0 Å². The van der Waals surface area contributed by atoms with E-state index in [1.807, 2.05) is 64.1 Å². The summed E-state index contributed by atoms with van der Waals surface area (Å²) < 4.78 is 61.8. The Morgan fingerprint density at radius 2 is 1.84 bits per heavy atom. The smallest absolute Gasteiger partial charge is 0.262 e. The molecule has 0 unspecified atom stereocenters. The van der Waals surface area contributed by atoms with E-state index in [4.69, 9.17) is 28.8 Å². The third-order valence-corrected chi connectivity index (χ3v) is 15.7. The summed E-state index contributed by atoms with van der Waals surface area (Å²) in [7, 11) is -3.87. The maximum absolute atomic E-state index is 15.0. The number of hydrogen-bond acceptors (Lipinski definition) is 12. The van der Waals surface area contributed by atoms with Gasteiger partial charge in [0.2, 0.25) is 27.4 Å². The number of Topliss-reactive ketones (excluding diaryl/α,β-unsaturated/α-hetero) is 1. The Kier molecular flexibility index (Phi) is 11.7. The van der Waals surface area contributed by atoms with E-state index in [2.05, 4.69) is 4.72 Å². The van der Waals surface area contributed by atoms with Gasteiger partial charge in [0.1, 0.15) is 28.8 Å². The van der Waals surface area contributed by atoms with Crippen molar-refractivity contribution in [2.45, 2.75) is 122 Å². The van der Waals surface area contributed by atoms with Crippen LogP contribution in [0.25, 0.3) is 33.5 Å². The quantitative estimate of drug-likeness (QED) is 0.134. The van der Waals surface area contributed by atoms with E-state index < -0.39 is 50.5 Å². The van der Waals surface area contributed by atoms with Crippen LogP contribution in [0.15, 0.2) is 59.0 Å². The summed E-state index contributed by atoms with van der Waals surface area (Å²) >= 11 is 1.57. The minimum atomic E-state index is -3.87. The van der Waals surface area contributed by atoms with Gasteiger partial charge in [0.05, 0.1) is 40.1 Å². The number of thiazole rings is 1. The van der Waals surface area contributed by atoms with E-state index in [0.717, 1.165) is 41.3 Å². The molecular weight excluding hydrogens is 846 g/mol. The zero-order chi connectivity index (χ0) is 44.2. The molecule has 16 heteroatoms. The first-order valence-electron chi connectivity index (χ1n) is 22.0. The van der Waals surface area contributed by atoms with Gasteiger partial charge in [0, 0.05) is 41.0 Å². The number of sulfonamides is 1. The van der Waals surface area contributed by atoms with Crippen LogP contribution in [0.4, 0.5) is 4.39 Å². The Bertz CT molecular complexity index is 2710. The van der Waals surface area contributed by atoms with E-state index in [1.165, 1.54) is 18.2 Å². The molecule has 2 saturated carbocycles. The standard InChI is InChI=1S/C47H52FN5O8S2/c1-26(2)59-33-15-12-29(13-16-33)43-50-41-36-21-32(48)14-19-39(36)61-42(41)44(51-43)60-34-22-37-38(54)24-47(46(56)52-63(57,58)35-17-18-35)23-31(47)11-9-7-5-6-8-10-30(45(55)53(37)25-34)20-40-49-27(3)28(4)62-40/h9,11-16,19,21,26,30-31,34-35,37H,5-8,10,17-18,20,22-25H2,1-4H3,(H,52,56)/b11-9-/t30-,31-,34-,37+,47-/m1/s1. The first-order chi connectivity index (χ1) is 30.2. The van der Waals surface area contributed by atoms with Crippen molar-refractivity contribution in [3.05, 3.63) is 76.0 Å². The van der Waals surface area contributed by atoms with Crippen molar-refractivity contribution >= 4 is 61.0 Å². The first-order valence-corrected chi connectivity index (χ1v) is 24.4. The molecule has 332 valence electrons. The van der Waals surface area contributed by atoms with Crippen LogP contribution >= 0.6 is 11.3 Å². The predicted octanol–water partition coefficient (Wildman–Crippen LogP) is 8.34. The highest BCUT2D eigenvalue weighted by atomic mass is 32.2. The number of carbonyl (C=O) groups excluding carboxylic acids is 3. The van der Waals surface area contributed by atoms with Gasteiger partial charge in [-0.2, -0.15) is 4.98 Å². The van der Waals surface area contributed by atoms with Gasteiger partial charge in [-0.3, -0.25) is 19.1 Å². The molecule has 13 nitrogen and oxygen atoms in total. The molecule has 5 heterocycles. The van der Waals surface area contributed by atoms with Gasteiger partial charge in [-0.05, 0) is 115 Å². The summed E-state index contributed by atoms with van der Waals surface area (Å²) in [6.45, 7) is 7.88. The molecule has 2 aromatic carbocycles. The van der Waals surface area contributed by atoms with Gasteiger partial charge in [-0.25, -0.2) is 22.8 Å². The highest BCUT2D eigenvalue weighted by molar-refractivity contribution is 7.90. The zero-order valence-corrected chi connectivity index (χ0v) is 37.5. The van der Waals surface area contributed by atoms with Crippen LogP contribution in [0.5, 0.6) is 11.6 Å². The molecule has 63 heavy (non-hydrogen) atoms. The van der Waals surface area contributed by atoms with Gasteiger partial charge in [0.15, 0.2) is 11.6 Å². The van der Waals surface area contributed by atoms with Crippen LogP contribution in [0, 0.1) is 36.9 Å². The summed E-state index contributed by atoms with van der Waals surface area (Å²) in [5.74, 6) is -1.43. The first kappa shape index (κ1) is 43.1. The largest absolute Gasteiger partial charge is 0.491 e. The highest BCUT2D eigenvalue weighted by Crippen LogP contribution is 2.57. The Morgan fingerprint density at radius 1 is 1.05 bits per heavy atom. The molecule has 0 radical (unpaired) electrons. The van der Waals surface area contributed by atoms with E-state index in [0.29, 0.717) is 59.9 Å². The van der Waals surface area contributed by atoms with Gasteiger partial charge in [-0.1, -0.05) is 25.0 Å². The number of carbonyl (C=O) groups is 3. The monoisotopic (exact) mass is 897 g/mol. The maximum atomic E-state index is 15.0. The molecule has 9 rings (SSSR count). The van der Waals surface area contributed by atoms with Gasteiger partial charge in [0.25, 0.3) is 5.88 Å². The SMILES string of the molecule is Cc1nc(C[C@H]2CCCCC/C=C\[C@@H]3C[C@@]3(C(=O)NS(=O)(=O)C3CC3)CC(=O)[C@@H]3C[C@@H](Oc4nc(-c5ccc(OC(C)C)cc5)nc5c4oc4ccc(F)cc45)CN3C2=O)sc1C. The second kappa shape index (κ2) is 17.1. The number of ketones is 1. The lowest BCUT2D eigenvalue weighted by molar-refractivity contribution is -0.142. The van der Waals surface area contributed by atoms with Crippen LogP contribution in [0.3, 0.4) is 0 Å². The van der Waals surface area contributed by atoms with Crippen LogP contribution in [0.1, 0.15) is 93.6 Å². The lowest BCUT2D eigenvalue weighted by atomic mass is 9.90. The minimum absolute atomic E-state index is 0.0280. The van der Waals surface area contributed by atoms with E-state index >= 15 is 4.79 Å². The van der Waals surface area contributed by atoms with Crippen molar-refractivity contribution in [2.24, 2.45) is 17.3 Å². The third kappa shape index (κ3) is 8.98. The third-order valence-electron chi connectivity index (χ3n) is 12.8. The number of nitrogens with zero attached hydrogens (tertiary/aromatic N) is 4. The number of allylic oxidation sites excluding steroid dienone is 2. The summed E-state index contributed by atoms with van der Waals surface area (Å²) in [5, 5.41) is 0.677. The molecule has 1 N–H and O–H groups in total. The second-order valence-corrected chi connectivity index (χ2v) is 21.2. The van der Waals surface area contributed by atoms with Crippen LogP contribution < -0.4 is 14.2 Å². The number of benzene rings is 2. The molecular formula is C47H52FN5O8S2. The van der Waals surface area contributed by atoms with Crippen LogP contribution in [-0.2, 0) is 30.8 Å². The highest BCUT2D eigenvalue weighted by Gasteiger charge is 2.61. The summed E-state index contributed by atoms with van der Waals surface area (Å²) in [6, 6.07) is 10.5. The summed E-state index contributed by atoms with van der Waals surface area (Å²) in [6.07, 6.45) is 8.72.